The van der Waals surface area contributed by atoms with Crippen LogP contribution in [0.4, 0.5) is 4.39 Å². The number of aryl methyl sites for hydroxylation is 1. The molecular formula is C25H28FN3O2. The van der Waals surface area contributed by atoms with Gasteiger partial charge in [-0.15, -0.1) is 0 Å². The topological polar surface area (TPSA) is 54.3 Å². The Hall–Kier alpha value is -3.25. The van der Waals surface area contributed by atoms with E-state index in [-0.39, 0.29) is 24.1 Å². The second-order valence-electron chi connectivity index (χ2n) is 7.87. The molecule has 1 heterocycles. The van der Waals surface area contributed by atoms with Crippen LogP contribution in [0.15, 0.2) is 54.6 Å². The molecule has 0 fully saturated rings. The van der Waals surface area contributed by atoms with Gasteiger partial charge < -0.3 is 9.88 Å². The monoisotopic (exact) mass is 421 g/mol. The van der Waals surface area contributed by atoms with Gasteiger partial charge in [-0.2, -0.15) is 0 Å². The summed E-state index contributed by atoms with van der Waals surface area (Å²) < 4.78 is 15.3. The van der Waals surface area contributed by atoms with Gasteiger partial charge in [-0.1, -0.05) is 24.3 Å². The Morgan fingerprint density at radius 1 is 1.00 bits per heavy atom. The SMILES string of the molecule is CNC(=O)c1ccc(CN(C)CC(=O)c2cc(C)n(Cc3ccc(F)cc3)c2C)cc1. The summed E-state index contributed by atoms with van der Waals surface area (Å²) in [6.45, 7) is 5.41. The summed E-state index contributed by atoms with van der Waals surface area (Å²) in [6.07, 6.45) is 0. The number of carbonyl (C=O) groups is 2. The number of rotatable bonds is 8. The van der Waals surface area contributed by atoms with Gasteiger partial charge in [-0.3, -0.25) is 14.5 Å². The van der Waals surface area contributed by atoms with Gasteiger partial charge >= 0.3 is 0 Å². The molecule has 1 aromatic heterocycles. The minimum absolute atomic E-state index is 0.0583. The van der Waals surface area contributed by atoms with E-state index in [1.165, 1.54) is 12.1 Å². The van der Waals surface area contributed by atoms with Gasteiger partial charge in [0.15, 0.2) is 5.78 Å². The molecule has 2 aromatic carbocycles. The quantitative estimate of drug-likeness (QED) is 0.560. The Bertz CT molecular complexity index is 1070. The Morgan fingerprint density at radius 2 is 1.61 bits per heavy atom. The number of halogens is 1. The smallest absolute Gasteiger partial charge is 0.251 e. The second kappa shape index (κ2) is 9.71. The first kappa shape index (κ1) is 22.4. The van der Waals surface area contributed by atoms with Gasteiger partial charge in [0.1, 0.15) is 5.82 Å². The molecule has 31 heavy (non-hydrogen) atoms. The molecule has 162 valence electrons. The normalized spacial score (nSPS) is 11.0. The maximum absolute atomic E-state index is 13.2. The zero-order valence-electron chi connectivity index (χ0n) is 18.4. The zero-order chi connectivity index (χ0) is 22.5. The number of carbonyl (C=O) groups excluding carboxylic acids is 2. The molecule has 0 aliphatic heterocycles. The number of benzene rings is 2. The second-order valence-corrected chi connectivity index (χ2v) is 7.87. The molecule has 6 heteroatoms. The van der Waals surface area contributed by atoms with Crippen LogP contribution in [0.1, 0.15) is 43.2 Å². The molecule has 3 aromatic rings. The summed E-state index contributed by atoms with van der Waals surface area (Å²) >= 11 is 0. The third kappa shape index (κ3) is 5.47. The van der Waals surface area contributed by atoms with Crippen LogP contribution in [0.3, 0.4) is 0 Å². The molecular weight excluding hydrogens is 393 g/mol. The summed E-state index contributed by atoms with van der Waals surface area (Å²) in [5.74, 6) is -0.319. The van der Waals surface area contributed by atoms with Crippen molar-refractivity contribution in [2.45, 2.75) is 26.9 Å². The number of likely N-dealkylation sites (N-methyl/N-ethyl adjacent to an activating group) is 1. The highest BCUT2D eigenvalue weighted by molar-refractivity contribution is 5.99. The van der Waals surface area contributed by atoms with Crippen molar-refractivity contribution < 1.29 is 14.0 Å². The lowest BCUT2D eigenvalue weighted by Gasteiger charge is -2.16. The van der Waals surface area contributed by atoms with Crippen molar-refractivity contribution in [1.82, 2.24) is 14.8 Å². The first-order valence-electron chi connectivity index (χ1n) is 10.2. The number of hydrogen-bond donors (Lipinski definition) is 1. The molecule has 0 spiro atoms. The first-order valence-corrected chi connectivity index (χ1v) is 10.2. The molecule has 1 amide bonds. The van der Waals surface area contributed by atoms with E-state index in [4.69, 9.17) is 0 Å². The van der Waals surface area contributed by atoms with Crippen LogP contribution in [-0.2, 0) is 13.1 Å². The van der Waals surface area contributed by atoms with Crippen LogP contribution in [0, 0.1) is 19.7 Å². The molecule has 0 atom stereocenters. The van der Waals surface area contributed by atoms with Crippen LogP contribution in [-0.4, -0.2) is 41.8 Å². The van der Waals surface area contributed by atoms with Gasteiger partial charge in [0, 0.05) is 42.7 Å². The van der Waals surface area contributed by atoms with Gasteiger partial charge in [0.05, 0.1) is 6.54 Å². The van der Waals surface area contributed by atoms with Crippen LogP contribution < -0.4 is 5.32 Å². The average molecular weight is 422 g/mol. The highest BCUT2D eigenvalue weighted by Crippen LogP contribution is 2.19. The average Bonchev–Trinajstić information content (AvgIpc) is 3.03. The highest BCUT2D eigenvalue weighted by atomic mass is 19.1. The van der Waals surface area contributed by atoms with Crippen LogP contribution in [0.25, 0.3) is 0 Å². The fraction of sp³-hybridized carbons (Fsp3) is 0.280. The van der Waals surface area contributed by atoms with Crippen molar-refractivity contribution in [3.63, 3.8) is 0 Å². The molecule has 0 saturated heterocycles. The Morgan fingerprint density at radius 3 is 2.23 bits per heavy atom. The molecule has 0 unspecified atom stereocenters. The van der Waals surface area contributed by atoms with E-state index in [1.54, 1.807) is 31.3 Å². The lowest BCUT2D eigenvalue weighted by atomic mass is 10.1. The number of aromatic nitrogens is 1. The first-order chi connectivity index (χ1) is 14.8. The fourth-order valence-corrected chi connectivity index (χ4v) is 3.70. The van der Waals surface area contributed by atoms with Crippen molar-refractivity contribution in [1.29, 1.82) is 0 Å². The van der Waals surface area contributed by atoms with Crippen LogP contribution in [0.5, 0.6) is 0 Å². The lowest BCUT2D eigenvalue weighted by Crippen LogP contribution is -2.26. The van der Waals surface area contributed by atoms with E-state index in [0.29, 0.717) is 24.2 Å². The van der Waals surface area contributed by atoms with Crippen molar-refractivity contribution in [3.8, 4) is 0 Å². The Kier molecular flexibility index (Phi) is 7.02. The minimum atomic E-state index is -0.258. The summed E-state index contributed by atoms with van der Waals surface area (Å²) in [4.78, 5) is 26.6. The van der Waals surface area contributed by atoms with Crippen molar-refractivity contribution >= 4 is 11.7 Å². The molecule has 0 bridgehead atoms. The molecule has 5 nitrogen and oxygen atoms in total. The molecule has 3 rings (SSSR count). The number of ketones is 1. The van der Waals surface area contributed by atoms with Crippen molar-refractivity contribution in [2.75, 3.05) is 20.6 Å². The maximum atomic E-state index is 13.2. The van der Waals surface area contributed by atoms with E-state index in [1.807, 2.05) is 44.0 Å². The van der Waals surface area contributed by atoms with E-state index in [2.05, 4.69) is 9.88 Å². The van der Waals surface area contributed by atoms with Gasteiger partial charge in [-0.25, -0.2) is 4.39 Å². The molecule has 0 aliphatic carbocycles. The minimum Gasteiger partial charge on any atom is -0.355 e. The number of hydrogen-bond acceptors (Lipinski definition) is 3. The van der Waals surface area contributed by atoms with Gasteiger partial charge in [-0.05, 0) is 62.4 Å². The zero-order valence-corrected chi connectivity index (χ0v) is 18.4. The van der Waals surface area contributed by atoms with Crippen molar-refractivity contribution in [3.05, 3.63) is 94.1 Å². The Labute approximate surface area is 182 Å². The van der Waals surface area contributed by atoms with E-state index in [9.17, 15) is 14.0 Å². The number of nitrogens with zero attached hydrogens (tertiary/aromatic N) is 2. The molecule has 0 aliphatic rings. The maximum Gasteiger partial charge on any atom is 0.251 e. The fourth-order valence-electron chi connectivity index (χ4n) is 3.70. The summed E-state index contributed by atoms with van der Waals surface area (Å²) in [5.41, 5.74) is 5.25. The summed E-state index contributed by atoms with van der Waals surface area (Å²) in [6, 6.07) is 15.7. The molecule has 1 N–H and O–H groups in total. The largest absolute Gasteiger partial charge is 0.355 e. The molecule has 0 saturated carbocycles. The van der Waals surface area contributed by atoms with E-state index < -0.39 is 0 Å². The van der Waals surface area contributed by atoms with E-state index in [0.717, 1.165) is 22.5 Å². The van der Waals surface area contributed by atoms with Crippen LogP contribution >= 0.6 is 0 Å². The Balaban J connectivity index is 1.66. The third-order valence-electron chi connectivity index (χ3n) is 5.44. The van der Waals surface area contributed by atoms with Crippen molar-refractivity contribution in [2.24, 2.45) is 0 Å². The predicted molar refractivity (Wildman–Crippen MR) is 120 cm³/mol. The van der Waals surface area contributed by atoms with Crippen LogP contribution in [0.2, 0.25) is 0 Å². The third-order valence-corrected chi connectivity index (χ3v) is 5.44. The van der Waals surface area contributed by atoms with E-state index >= 15 is 0 Å². The number of Topliss-reactive ketones (excluding diaryl/α,β-unsaturated/α-hetero) is 1. The standard InChI is InChI=1S/C25H28FN3O2/c1-17-13-23(18(2)29(17)15-20-7-11-22(26)12-8-20)24(30)16-28(4)14-19-5-9-21(10-6-19)25(31)27-3/h5-13H,14-16H2,1-4H3,(H,27,31). The van der Waals surface area contributed by atoms with Gasteiger partial charge in [0.25, 0.3) is 5.91 Å². The van der Waals surface area contributed by atoms with Gasteiger partial charge in [0.2, 0.25) is 0 Å². The lowest BCUT2D eigenvalue weighted by molar-refractivity contribution is 0.0940. The summed E-state index contributed by atoms with van der Waals surface area (Å²) in [7, 11) is 3.51. The number of nitrogens with one attached hydrogen (secondary N) is 1. The predicted octanol–water partition coefficient (Wildman–Crippen LogP) is 3.97. The highest BCUT2D eigenvalue weighted by Gasteiger charge is 2.17. The number of amides is 1. The molecule has 0 radical (unpaired) electrons. The summed E-state index contributed by atoms with van der Waals surface area (Å²) in [5, 5.41) is 2.60.